The van der Waals surface area contributed by atoms with E-state index in [1.807, 2.05) is 0 Å². The molecule has 136 valence electrons. The molecular weight excluding hydrogens is 367 g/mol. The molecule has 1 aliphatic rings. The SMILES string of the molecule is O=S(=O)(c1ccc(C(F)(F)F)cc1)c1ccc2oc3c(c2c1)CCNC3. The zero-order valence-corrected chi connectivity index (χ0v) is 14.2. The van der Waals surface area contributed by atoms with Gasteiger partial charge in [0, 0.05) is 10.9 Å². The highest BCUT2D eigenvalue weighted by molar-refractivity contribution is 7.91. The molecule has 0 saturated carbocycles. The average molecular weight is 381 g/mol. The Kier molecular flexibility index (Phi) is 3.85. The predicted octanol–water partition coefficient (Wildman–Crippen LogP) is 3.93. The quantitative estimate of drug-likeness (QED) is 0.731. The second-order valence-corrected chi connectivity index (χ2v) is 8.06. The second-order valence-electron chi connectivity index (χ2n) is 6.11. The molecule has 0 saturated heterocycles. The molecule has 4 nitrogen and oxygen atoms in total. The maximum absolute atomic E-state index is 12.8. The lowest BCUT2D eigenvalue weighted by Crippen LogP contribution is -2.22. The molecule has 0 atom stereocenters. The molecule has 0 fully saturated rings. The Morgan fingerprint density at radius 2 is 1.69 bits per heavy atom. The van der Waals surface area contributed by atoms with Gasteiger partial charge in [0.25, 0.3) is 0 Å². The number of halogens is 3. The first kappa shape index (κ1) is 17.1. The maximum atomic E-state index is 12.8. The van der Waals surface area contributed by atoms with Gasteiger partial charge >= 0.3 is 6.18 Å². The first-order chi connectivity index (χ1) is 12.3. The van der Waals surface area contributed by atoms with E-state index in [2.05, 4.69) is 5.32 Å². The summed E-state index contributed by atoms with van der Waals surface area (Å²) in [5.74, 6) is 0.787. The van der Waals surface area contributed by atoms with E-state index in [0.29, 0.717) is 12.1 Å². The first-order valence-electron chi connectivity index (χ1n) is 7.94. The number of rotatable bonds is 2. The third-order valence-electron chi connectivity index (χ3n) is 4.49. The summed E-state index contributed by atoms with van der Waals surface area (Å²) in [4.78, 5) is -0.143. The monoisotopic (exact) mass is 381 g/mol. The van der Waals surface area contributed by atoms with E-state index in [4.69, 9.17) is 4.42 Å². The predicted molar refractivity (Wildman–Crippen MR) is 88.5 cm³/mol. The van der Waals surface area contributed by atoms with Crippen LogP contribution in [0, 0.1) is 0 Å². The van der Waals surface area contributed by atoms with E-state index in [-0.39, 0.29) is 9.79 Å². The standard InChI is InChI=1S/C18H14F3NO3S/c19-18(20,21)11-1-3-12(4-2-11)26(23,24)13-5-6-16-15(9-13)14-7-8-22-10-17(14)25-16/h1-6,9,22H,7-8,10H2. The molecule has 0 unspecified atom stereocenters. The van der Waals surface area contributed by atoms with Crippen LogP contribution in [0.4, 0.5) is 13.2 Å². The van der Waals surface area contributed by atoms with Crippen LogP contribution < -0.4 is 5.32 Å². The van der Waals surface area contributed by atoms with Gasteiger partial charge in [-0.1, -0.05) is 0 Å². The maximum Gasteiger partial charge on any atom is 0.416 e. The van der Waals surface area contributed by atoms with Gasteiger partial charge in [-0.3, -0.25) is 0 Å². The second kappa shape index (κ2) is 5.85. The van der Waals surface area contributed by atoms with Gasteiger partial charge in [0.1, 0.15) is 11.3 Å². The molecule has 2 aromatic carbocycles. The first-order valence-corrected chi connectivity index (χ1v) is 9.42. The highest BCUT2D eigenvalue weighted by Gasteiger charge is 2.31. The molecule has 3 aromatic rings. The third kappa shape index (κ3) is 2.79. The van der Waals surface area contributed by atoms with Crippen molar-refractivity contribution in [3.8, 4) is 0 Å². The van der Waals surface area contributed by atoms with Crippen molar-refractivity contribution < 1.29 is 26.0 Å². The van der Waals surface area contributed by atoms with Crippen molar-refractivity contribution in [1.82, 2.24) is 5.32 Å². The van der Waals surface area contributed by atoms with E-state index >= 15 is 0 Å². The minimum Gasteiger partial charge on any atom is -0.459 e. The number of benzene rings is 2. The lowest BCUT2D eigenvalue weighted by Gasteiger charge is -2.11. The van der Waals surface area contributed by atoms with Gasteiger partial charge in [0.15, 0.2) is 0 Å². The molecule has 0 bridgehead atoms. The topological polar surface area (TPSA) is 59.3 Å². The zero-order chi connectivity index (χ0) is 18.5. The smallest absolute Gasteiger partial charge is 0.416 e. The number of hydrogen-bond donors (Lipinski definition) is 1. The summed E-state index contributed by atoms with van der Waals surface area (Å²) < 4.78 is 69.4. The van der Waals surface area contributed by atoms with E-state index in [0.717, 1.165) is 53.9 Å². The Bertz CT molecular complexity index is 1080. The number of fused-ring (bicyclic) bond motifs is 3. The Hall–Kier alpha value is -2.32. The number of hydrogen-bond acceptors (Lipinski definition) is 4. The minimum absolute atomic E-state index is 0.0342. The summed E-state index contributed by atoms with van der Waals surface area (Å²) >= 11 is 0. The van der Waals surface area contributed by atoms with Crippen LogP contribution in [-0.4, -0.2) is 15.0 Å². The summed E-state index contributed by atoms with van der Waals surface area (Å²) in [6.07, 6.45) is -3.78. The number of nitrogens with one attached hydrogen (secondary N) is 1. The summed E-state index contributed by atoms with van der Waals surface area (Å²) in [5.41, 5.74) is 0.691. The Morgan fingerprint density at radius 1 is 1.00 bits per heavy atom. The van der Waals surface area contributed by atoms with Crippen LogP contribution in [0.25, 0.3) is 11.0 Å². The largest absolute Gasteiger partial charge is 0.459 e. The molecule has 0 amide bonds. The highest BCUT2D eigenvalue weighted by Crippen LogP contribution is 2.33. The van der Waals surface area contributed by atoms with E-state index in [1.54, 1.807) is 6.07 Å². The van der Waals surface area contributed by atoms with Gasteiger partial charge in [0.05, 0.1) is 21.9 Å². The zero-order valence-electron chi connectivity index (χ0n) is 13.4. The fraction of sp³-hybridized carbons (Fsp3) is 0.222. The minimum atomic E-state index is -4.51. The van der Waals surface area contributed by atoms with Crippen molar-refractivity contribution in [3.05, 3.63) is 59.4 Å². The molecular formula is C18H14F3NO3S. The Balaban J connectivity index is 1.78. The van der Waals surface area contributed by atoms with Crippen LogP contribution in [0.3, 0.4) is 0 Å². The van der Waals surface area contributed by atoms with Crippen LogP contribution in [-0.2, 0) is 29.0 Å². The van der Waals surface area contributed by atoms with E-state index < -0.39 is 21.6 Å². The van der Waals surface area contributed by atoms with Crippen LogP contribution >= 0.6 is 0 Å². The summed E-state index contributed by atoms with van der Waals surface area (Å²) in [5, 5.41) is 3.92. The molecule has 0 radical (unpaired) electrons. The van der Waals surface area contributed by atoms with Gasteiger partial charge in [-0.2, -0.15) is 13.2 Å². The molecule has 1 aromatic heterocycles. The average Bonchev–Trinajstić information content (AvgIpc) is 2.99. The normalized spacial score (nSPS) is 15.2. The van der Waals surface area contributed by atoms with Gasteiger partial charge in [-0.25, -0.2) is 8.42 Å². The van der Waals surface area contributed by atoms with Crippen LogP contribution in [0.5, 0.6) is 0 Å². The van der Waals surface area contributed by atoms with Gasteiger partial charge in [-0.15, -0.1) is 0 Å². The van der Waals surface area contributed by atoms with Crippen LogP contribution in [0.1, 0.15) is 16.9 Å². The Labute approximate surface area is 147 Å². The highest BCUT2D eigenvalue weighted by atomic mass is 32.2. The third-order valence-corrected chi connectivity index (χ3v) is 6.25. The van der Waals surface area contributed by atoms with E-state index in [1.165, 1.54) is 12.1 Å². The molecule has 0 spiro atoms. The van der Waals surface area contributed by atoms with Crippen molar-refractivity contribution in [3.63, 3.8) is 0 Å². The molecule has 4 rings (SSSR count). The molecule has 26 heavy (non-hydrogen) atoms. The van der Waals surface area contributed by atoms with Gasteiger partial charge < -0.3 is 9.73 Å². The van der Waals surface area contributed by atoms with Crippen LogP contribution in [0.2, 0.25) is 0 Å². The number of sulfone groups is 1. The van der Waals surface area contributed by atoms with Crippen molar-refractivity contribution >= 4 is 20.8 Å². The Morgan fingerprint density at radius 3 is 2.38 bits per heavy atom. The fourth-order valence-corrected chi connectivity index (χ4v) is 4.42. The molecule has 1 aliphatic heterocycles. The van der Waals surface area contributed by atoms with Crippen molar-refractivity contribution in [1.29, 1.82) is 0 Å². The summed E-state index contributed by atoms with van der Waals surface area (Å²) in [6.45, 7) is 1.36. The fourth-order valence-electron chi connectivity index (χ4n) is 3.14. The van der Waals surface area contributed by atoms with Crippen LogP contribution in [0.15, 0.2) is 56.7 Å². The lowest BCUT2D eigenvalue weighted by atomic mass is 10.1. The van der Waals surface area contributed by atoms with Crippen molar-refractivity contribution in [2.75, 3.05) is 6.54 Å². The summed E-state index contributed by atoms with van der Waals surface area (Å²) in [7, 11) is -3.92. The number of alkyl halides is 3. The van der Waals surface area contributed by atoms with E-state index in [9.17, 15) is 21.6 Å². The van der Waals surface area contributed by atoms with Gasteiger partial charge in [-0.05, 0) is 55.4 Å². The summed E-state index contributed by atoms with van der Waals surface area (Å²) in [6, 6.07) is 8.06. The molecule has 8 heteroatoms. The molecule has 0 aliphatic carbocycles. The van der Waals surface area contributed by atoms with Crippen molar-refractivity contribution in [2.45, 2.75) is 28.9 Å². The molecule has 1 N–H and O–H groups in total. The van der Waals surface area contributed by atoms with Crippen molar-refractivity contribution in [2.24, 2.45) is 0 Å². The molecule has 2 heterocycles. The van der Waals surface area contributed by atoms with Gasteiger partial charge in [0.2, 0.25) is 9.84 Å². The number of furan rings is 1. The lowest BCUT2D eigenvalue weighted by molar-refractivity contribution is -0.137.